The van der Waals surface area contributed by atoms with Gasteiger partial charge in [-0.2, -0.15) is 0 Å². The lowest BCUT2D eigenvalue weighted by atomic mass is 9.80. The number of carboxylic acid groups (broad SMARTS) is 1. The van der Waals surface area contributed by atoms with Crippen LogP contribution in [-0.2, 0) is 31.4 Å². The normalized spacial score (nSPS) is 12.9. The summed E-state index contributed by atoms with van der Waals surface area (Å²) in [7, 11) is -4.06. The van der Waals surface area contributed by atoms with Gasteiger partial charge in [-0.05, 0) is 74.4 Å². The number of ether oxygens (including phenoxy) is 1. The Morgan fingerprint density at radius 1 is 1.00 bits per heavy atom. The molecule has 0 fully saturated rings. The number of aliphatic carboxylic acids is 1. The molecule has 11 heteroatoms. The quantitative estimate of drug-likeness (QED) is 0.274. The molecule has 1 amide bonds. The number of nitrogens with zero attached hydrogens (tertiary/aromatic N) is 3. The van der Waals surface area contributed by atoms with Crippen LogP contribution in [0.1, 0.15) is 77.2 Å². The van der Waals surface area contributed by atoms with Crippen LogP contribution in [0, 0.1) is 0 Å². The highest BCUT2D eigenvalue weighted by atomic mass is 32.2. The third-order valence-electron chi connectivity index (χ3n) is 6.56. The van der Waals surface area contributed by atoms with Crippen LogP contribution >= 0.6 is 0 Å². The van der Waals surface area contributed by atoms with Crippen LogP contribution in [0.25, 0.3) is 0 Å². The largest absolute Gasteiger partial charge is 0.480 e. The average molecular weight is 597 g/mol. The third-order valence-corrected chi connectivity index (χ3v) is 7.94. The molecule has 2 heterocycles. The summed E-state index contributed by atoms with van der Waals surface area (Å²) in [6, 6.07) is 16.5. The fourth-order valence-corrected chi connectivity index (χ4v) is 5.69. The van der Waals surface area contributed by atoms with Crippen molar-refractivity contribution in [3.05, 3.63) is 83.7 Å². The van der Waals surface area contributed by atoms with E-state index in [1.165, 1.54) is 23.9 Å². The zero-order valence-corrected chi connectivity index (χ0v) is 25.8. The maximum absolute atomic E-state index is 13.3. The number of nitrogens with one attached hydrogen (secondary N) is 1. The third kappa shape index (κ3) is 9.09. The van der Waals surface area contributed by atoms with E-state index in [0.29, 0.717) is 5.69 Å². The Bertz CT molecular complexity index is 1470. The molecule has 1 unspecified atom stereocenters. The van der Waals surface area contributed by atoms with Gasteiger partial charge in [0.25, 0.3) is 10.0 Å². The van der Waals surface area contributed by atoms with E-state index < -0.39 is 40.3 Å². The molecule has 3 rings (SSSR count). The number of anilines is 1. The summed E-state index contributed by atoms with van der Waals surface area (Å²) in [5.74, 6) is -1.24. The number of carbonyl (C=O) groups excluding carboxylic acids is 1. The van der Waals surface area contributed by atoms with Crippen molar-refractivity contribution in [3.8, 4) is 0 Å². The minimum Gasteiger partial charge on any atom is -0.480 e. The molecule has 1 aromatic carbocycles. The Kier molecular flexibility index (Phi) is 10.5. The number of sulfonamides is 1. The van der Waals surface area contributed by atoms with Gasteiger partial charge in [0.1, 0.15) is 18.0 Å². The van der Waals surface area contributed by atoms with Crippen LogP contribution in [0.3, 0.4) is 0 Å². The first kappa shape index (κ1) is 32.7. The van der Waals surface area contributed by atoms with E-state index >= 15 is 0 Å². The minimum absolute atomic E-state index is 0.00159. The van der Waals surface area contributed by atoms with Gasteiger partial charge >= 0.3 is 12.1 Å². The number of carbonyl (C=O) groups is 2. The van der Waals surface area contributed by atoms with E-state index in [1.807, 2.05) is 12.1 Å². The van der Waals surface area contributed by atoms with E-state index in [1.54, 1.807) is 45.0 Å². The van der Waals surface area contributed by atoms with Gasteiger partial charge < -0.3 is 9.84 Å². The molecule has 2 N–H and O–H groups in total. The van der Waals surface area contributed by atoms with Crippen molar-refractivity contribution in [2.75, 3.05) is 11.4 Å². The number of pyridine rings is 2. The fourth-order valence-electron chi connectivity index (χ4n) is 4.53. The average Bonchev–Trinajstić information content (AvgIpc) is 2.91. The van der Waals surface area contributed by atoms with E-state index in [4.69, 9.17) is 4.74 Å². The van der Waals surface area contributed by atoms with Gasteiger partial charge in [-0.25, -0.2) is 27.9 Å². The lowest BCUT2D eigenvalue weighted by Crippen LogP contribution is -2.40. The number of amides is 1. The summed E-state index contributed by atoms with van der Waals surface area (Å²) < 4.78 is 34.8. The smallest absolute Gasteiger partial charge is 0.416 e. The maximum Gasteiger partial charge on any atom is 0.416 e. The van der Waals surface area contributed by atoms with Crippen molar-refractivity contribution in [2.24, 2.45) is 0 Å². The van der Waals surface area contributed by atoms with Crippen molar-refractivity contribution in [1.29, 1.82) is 0 Å². The first-order valence-corrected chi connectivity index (χ1v) is 15.3. The van der Waals surface area contributed by atoms with Crippen molar-refractivity contribution in [2.45, 2.75) is 82.9 Å². The Morgan fingerprint density at radius 2 is 1.69 bits per heavy atom. The predicted octanol–water partition coefficient (Wildman–Crippen LogP) is 5.64. The number of carboxylic acids is 1. The molecule has 0 saturated carbocycles. The molecule has 3 aromatic rings. The van der Waals surface area contributed by atoms with Crippen LogP contribution < -0.4 is 9.62 Å². The summed E-state index contributed by atoms with van der Waals surface area (Å²) in [4.78, 5) is 34.0. The highest BCUT2D eigenvalue weighted by Crippen LogP contribution is 2.30. The van der Waals surface area contributed by atoms with E-state index in [-0.39, 0.29) is 22.7 Å². The summed E-state index contributed by atoms with van der Waals surface area (Å²) in [6.45, 7) is 10.9. The van der Waals surface area contributed by atoms with Gasteiger partial charge in [-0.1, -0.05) is 63.6 Å². The summed E-state index contributed by atoms with van der Waals surface area (Å²) >= 11 is 0. The van der Waals surface area contributed by atoms with Gasteiger partial charge in [0.2, 0.25) is 0 Å². The molecule has 0 radical (unpaired) electrons. The van der Waals surface area contributed by atoms with Crippen LogP contribution in [0.2, 0.25) is 0 Å². The monoisotopic (exact) mass is 596 g/mol. The molecule has 226 valence electrons. The number of rotatable bonds is 12. The Morgan fingerprint density at radius 3 is 2.26 bits per heavy atom. The molecule has 10 nitrogen and oxygen atoms in total. The Hall–Kier alpha value is -3.83. The summed E-state index contributed by atoms with van der Waals surface area (Å²) in [6.07, 6.45) is 2.83. The molecular formula is C31H40N4O6S. The summed E-state index contributed by atoms with van der Waals surface area (Å²) in [5.41, 5.74) is 1.46. The summed E-state index contributed by atoms with van der Waals surface area (Å²) in [5, 5.41) is 9.33. The van der Waals surface area contributed by atoms with Crippen LogP contribution in [0.15, 0.2) is 71.9 Å². The number of benzene rings is 1. The van der Waals surface area contributed by atoms with Crippen LogP contribution in [-0.4, -0.2) is 47.7 Å². The molecule has 42 heavy (non-hydrogen) atoms. The fraction of sp³-hybridized carbons (Fsp3) is 0.419. The topological polar surface area (TPSA) is 139 Å². The minimum atomic E-state index is -4.06. The highest BCUT2D eigenvalue weighted by Gasteiger charge is 2.29. The van der Waals surface area contributed by atoms with Gasteiger partial charge in [0.05, 0.1) is 11.7 Å². The zero-order chi connectivity index (χ0) is 31.1. The van der Waals surface area contributed by atoms with Gasteiger partial charge in [0.15, 0.2) is 5.03 Å². The second kappa shape index (κ2) is 13.4. The van der Waals surface area contributed by atoms with Gasteiger partial charge in [-0.15, -0.1) is 0 Å². The van der Waals surface area contributed by atoms with E-state index in [0.717, 1.165) is 23.3 Å². The van der Waals surface area contributed by atoms with Gasteiger partial charge in [0, 0.05) is 6.20 Å². The molecule has 0 aliphatic carbocycles. The van der Waals surface area contributed by atoms with Gasteiger partial charge in [-0.3, -0.25) is 9.69 Å². The first-order valence-electron chi connectivity index (χ1n) is 13.8. The van der Waals surface area contributed by atoms with Crippen molar-refractivity contribution < 1.29 is 27.9 Å². The molecule has 0 bridgehead atoms. The Balaban J connectivity index is 2.03. The number of hydrogen-bond acceptors (Lipinski definition) is 7. The molecule has 0 saturated heterocycles. The predicted molar refractivity (Wildman–Crippen MR) is 161 cm³/mol. The molecular weight excluding hydrogens is 556 g/mol. The van der Waals surface area contributed by atoms with Crippen molar-refractivity contribution in [3.63, 3.8) is 0 Å². The van der Waals surface area contributed by atoms with Crippen molar-refractivity contribution in [1.82, 2.24) is 14.7 Å². The molecule has 0 aliphatic heterocycles. The zero-order valence-electron chi connectivity index (χ0n) is 25.0. The lowest BCUT2D eigenvalue weighted by molar-refractivity contribution is -0.135. The molecule has 1 atom stereocenters. The van der Waals surface area contributed by atoms with Crippen molar-refractivity contribution >= 4 is 27.9 Å². The number of aromatic nitrogens is 2. The Labute approximate surface area is 248 Å². The van der Waals surface area contributed by atoms with E-state index in [2.05, 4.69) is 47.6 Å². The molecule has 0 spiro atoms. The standard InChI is InChI=1S/C31H40N4O6S/c1-7-18-31(5,6)23-16-14-22(15-17-23)20-25(34-42(39,40)27-13-8-9-19-32-27)24-11-10-12-26(33-24)35(21-28(36)37)29(38)41-30(2,3)4/h8-17,19,25,34H,7,18,20-21H2,1-6H3,(H,36,37). The number of hydrogen-bond donors (Lipinski definition) is 2. The second-order valence-corrected chi connectivity index (χ2v) is 13.4. The second-order valence-electron chi connectivity index (χ2n) is 11.8. The first-order chi connectivity index (χ1) is 19.6. The van der Waals surface area contributed by atoms with Crippen LogP contribution in [0.4, 0.5) is 10.6 Å². The van der Waals surface area contributed by atoms with Crippen LogP contribution in [0.5, 0.6) is 0 Å². The molecule has 0 aliphatic rings. The lowest BCUT2D eigenvalue weighted by Gasteiger charge is -2.27. The SMILES string of the molecule is CCCC(C)(C)c1ccc(CC(NS(=O)(=O)c2ccccn2)c2cccc(N(CC(=O)O)C(=O)OC(C)(C)C)n2)cc1. The maximum atomic E-state index is 13.3. The molecule has 2 aromatic heterocycles. The highest BCUT2D eigenvalue weighted by molar-refractivity contribution is 7.89. The van der Waals surface area contributed by atoms with E-state index in [9.17, 15) is 23.1 Å².